The number of nitrogens with zero attached hydrogens (tertiary/aromatic N) is 1. The van der Waals surface area contributed by atoms with Crippen molar-refractivity contribution in [3.8, 4) is 28.5 Å². The van der Waals surface area contributed by atoms with Crippen LogP contribution in [0.1, 0.15) is 5.56 Å². The molecule has 2 heterocycles. The molecule has 28 heavy (non-hydrogen) atoms. The number of hydrogen-bond donors (Lipinski definition) is 1. The summed E-state index contributed by atoms with van der Waals surface area (Å²) in [4.78, 5) is 16.7. The van der Waals surface area contributed by atoms with Crippen molar-refractivity contribution in [2.24, 2.45) is 0 Å². The van der Waals surface area contributed by atoms with Crippen molar-refractivity contribution in [2.75, 3.05) is 25.6 Å². The number of fused-ring (bicyclic) bond motifs is 1. The first-order valence-electron chi connectivity index (χ1n) is 8.60. The van der Waals surface area contributed by atoms with Crippen LogP contribution in [0.25, 0.3) is 11.3 Å². The molecule has 0 aliphatic carbocycles. The number of aromatic nitrogens is 1. The summed E-state index contributed by atoms with van der Waals surface area (Å²) in [6, 6.07) is 10.1. The molecule has 3 aromatic rings. The summed E-state index contributed by atoms with van der Waals surface area (Å²) in [5, 5.41) is 5.08. The third-order valence-corrected chi connectivity index (χ3v) is 4.93. The maximum Gasteiger partial charge on any atom is 0.230 e. The molecule has 2 aromatic carbocycles. The van der Waals surface area contributed by atoms with E-state index in [0.29, 0.717) is 35.4 Å². The second kappa shape index (κ2) is 7.85. The number of carbonyl (C=O) groups is 1. The summed E-state index contributed by atoms with van der Waals surface area (Å²) in [6.45, 7) is 1.05. The van der Waals surface area contributed by atoms with Gasteiger partial charge in [-0.15, -0.1) is 11.3 Å². The Balaban J connectivity index is 1.43. The molecule has 144 valence electrons. The van der Waals surface area contributed by atoms with Crippen LogP contribution in [0.5, 0.6) is 17.2 Å². The van der Waals surface area contributed by atoms with Crippen LogP contribution in [0.15, 0.2) is 41.8 Å². The van der Waals surface area contributed by atoms with Crippen molar-refractivity contribution < 1.29 is 23.4 Å². The Kier molecular flexibility index (Phi) is 5.12. The molecule has 0 spiro atoms. The Morgan fingerprint density at radius 3 is 2.82 bits per heavy atom. The lowest BCUT2D eigenvalue weighted by atomic mass is 10.1. The zero-order valence-corrected chi connectivity index (χ0v) is 15.8. The van der Waals surface area contributed by atoms with Crippen molar-refractivity contribution in [3.63, 3.8) is 0 Å². The Bertz CT molecular complexity index is 1020. The standard InChI is InChI=1S/C20H17FN2O4S/c1-25-16-4-2-12(8-14(16)21)9-19(24)23-20-22-15(11-28-20)13-3-5-17-18(10-13)27-7-6-26-17/h2-5,8,10-11H,6-7,9H2,1H3,(H,22,23,24). The number of rotatable bonds is 5. The highest BCUT2D eigenvalue weighted by atomic mass is 32.1. The molecule has 0 atom stereocenters. The molecule has 1 aliphatic heterocycles. The third kappa shape index (κ3) is 3.91. The first-order valence-corrected chi connectivity index (χ1v) is 9.48. The normalized spacial score (nSPS) is 12.5. The monoisotopic (exact) mass is 400 g/mol. The first-order chi connectivity index (χ1) is 13.6. The number of anilines is 1. The summed E-state index contributed by atoms with van der Waals surface area (Å²) >= 11 is 1.32. The molecule has 0 unspecified atom stereocenters. The number of hydrogen-bond acceptors (Lipinski definition) is 6. The summed E-state index contributed by atoms with van der Waals surface area (Å²) in [5.41, 5.74) is 2.16. The Labute approximate surface area is 164 Å². The van der Waals surface area contributed by atoms with Crippen molar-refractivity contribution in [1.82, 2.24) is 4.98 Å². The van der Waals surface area contributed by atoms with Gasteiger partial charge in [-0.2, -0.15) is 0 Å². The predicted molar refractivity (Wildman–Crippen MR) is 104 cm³/mol. The fraction of sp³-hybridized carbons (Fsp3) is 0.200. The van der Waals surface area contributed by atoms with Crippen molar-refractivity contribution in [2.45, 2.75) is 6.42 Å². The number of methoxy groups -OCH3 is 1. The molecule has 1 aromatic heterocycles. The van der Waals surface area contributed by atoms with E-state index >= 15 is 0 Å². The number of carbonyl (C=O) groups excluding carboxylic acids is 1. The van der Waals surface area contributed by atoms with Gasteiger partial charge in [0, 0.05) is 10.9 Å². The van der Waals surface area contributed by atoms with Gasteiger partial charge < -0.3 is 19.5 Å². The molecular formula is C20H17FN2O4S. The minimum atomic E-state index is -0.497. The lowest BCUT2D eigenvalue weighted by Gasteiger charge is -2.18. The van der Waals surface area contributed by atoms with E-state index in [2.05, 4.69) is 10.3 Å². The van der Waals surface area contributed by atoms with Gasteiger partial charge >= 0.3 is 0 Å². The van der Waals surface area contributed by atoms with Gasteiger partial charge in [-0.1, -0.05) is 6.07 Å². The molecule has 8 heteroatoms. The molecule has 6 nitrogen and oxygen atoms in total. The summed E-state index contributed by atoms with van der Waals surface area (Å²) in [5.74, 6) is 0.776. The fourth-order valence-electron chi connectivity index (χ4n) is 2.84. The molecule has 0 radical (unpaired) electrons. The van der Waals surface area contributed by atoms with E-state index in [0.717, 1.165) is 11.3 Å². The predicted octanol–water partition coefficient (Wildman–Crippen LogP) is 3.91. The molecule has 0 saturated heterocycles. The second-order valence-electron chi connectivity index (χ2n) is 6.09. The van der Waals surface area contributed by atoms with Crippen molar-refractivity contribution in [3.05, 3.63) is 53.2 Å². The van der Waals surface area contributed by atoms with E-state index in [1.165, 1.54) is 30.6 Å². The first kappa shape index (κ1) is 18.2. The Morgan fingerprint density at radius 1 is 1.21 bits per heavy atom. The van der Waals surface area contributed by atoms with E-state index in [4.69, 9.17) is 14.2 Å². The SMILES string of the molecule is COc1ccc(CC(=O)Nc2nc(-c3ccc4c(c3)OCCO4)cs2)cc1F. The van der Waals surface area contributed by atoms with Gasteiger partial charge in [0.2, 0.25) is 5.91 Å². The zero-order valence-electron chi connectivity index (χ0n) is 15.0. The molecule has 4 rings (SSSR count). The van der Waals surface area contributed by atoms with E-state index in [1.807, 2.05) is 23.6 Å². The van der Waals surface area contributed by atoms with Crippen molar-refractivity contribution >= 4 is 22.4 Å². The van der Waals surface area contributed by atoms with Crippen LogP contribution in [0, 0.1) is 5.82 Å². The van der Waals surface area contributed by atoms with E-state index in [1.54, 1.807) is 6.07 Å². The minimum absolute atomic E-state index is 0.0415. The van der Waals surface area contributed by atoms with Crippen LogP contribution in [-0.4, -0.2) is 31.2 Å². The molecule has 0 fully saturated rings. The van der Waals surface area contributed by atoms with Crippen LogP contribution in [-0.2, 0) is 11.2 Å². The lowest BCUT2D eigenvalue weighted by molar-refractivity contribution is -0.115. The average Bonchev–Trinajstić information content (AvgIpc) is 3.16. The average molecular weight is 400 g/mol. The molecule has 0 bridgehead atoms. The number of halogens is 1. The highest BCUT2D eigenvalue weighted by Gasteiger charge is 2.15. The van der Waals surface area contributed by atoms with Crippen LogP contribution in [0.4, 0.5) is 9.52 Å². The number of benzene rings is 2. The molecular weight excluding hydrogens is 383 g/mol. The number of ether oxygens (including phenoxy) is 3. The van der Waals surface area contributed by atoms with Crippen molar-refractivity contribution in [1.29, 1.82) is 0 Å². The summed E-state index contributed by atoms with van der Waals surface area (Å²) in [6.07, 6.45) is 0.0415. The van der Waals surface area contributed by atoms with Gasteiger partial charge in [0.15, 0.2) is 28.2 Å². The molecule has 1 amide bonds. The highest BCUT2D eigenvalue weighted by Crippen LogP contribution is 2.35. The van der Waals surface area contributed by atoms with E-state index in [-0.39, 0.29) is 18.1 Å². The second-order valence-corrected chi connectivity index (χ2v) is 6.95. The van der Waals surface area contributed by atoms with Gasteiger partial charge in [0.1, 0.15) is 13.2 Å². The maximum absolute atomic E-state index is 13.8. The highest BCUT2D eigenvalue weighted by molar-refractivity contribution is 7.14. The van der Waals surface area contributed by atoms with Crippen LogP contribution >= 0.6 is 11.3 Å². The van der Waals surface area contributed by atoms with Gasteiger partial charge in [0.05, 0.1) is 19.2 Å². The third-order valence-electron chi connectivity index (χ3n) is 4.17. The Hall–Kier alpha value is -3.13. The maximum atomic E-state index is 13.8. The largest absolute Gasteiger partial charge is 0.494 e. The van der Waals surface area contributed by atoms with Crippen LogP contribution < -0.4 is 19.5 Å². The topological polar surface area (TPSA) is 69.7 Å². The smallest absolute Gasteiger partial charge is 0.230 e. The molecule has 1 aliphatic rings. The van der Waals surface area contributed by atoms with E-state index < -0.39 is 5.82 Å². The van der Waals surface area contributed by atoms with E-state index in [9.17, 15) is 9.18 Å². The molecule has 0 saturated carbocycles. The molecule has 1 N–H and O–H groups in total. The Morgan fingerprint density at radius 2 is 2.04 bits per heavy atom. The van der Waals surface area contributed by atoms with Crippen LogP contribution in [0.3, 0.4) is 0 Å². The quantitative estimate of drug-likeness (QED) is 0.703. The van der Waals surface area contributed by atoms with Gasteiger partial charge in [-0.05, 0) is 35.9 Å². The fourth-order valence-corrected chi connectivity index (χ4v) is 3.57. The van der Waals surface area contributed by atoms with Gasteiger partial charge in [-0.3, -0.25) is 4.79 Å². The van der Waals surface area contributed by atoms with Gasteiger partial charge in [0.25, 0.3) is 0 Å². The van der Waals surface area contributed by atoms with Gasteiger partial charge in [-0.25, -0.2) is 9.37 Å². The minimum Gasteiger partial charge on any atom is -0.494 e. The number of nitrogens with one attached hydrogen (secondary N) is 1. The lowest BCUT2D eigenvalue weighted by Crippen LogP contribution is -2.15. The summed E-state index contributed by atoms with van der Waals surface area (Å²) in [7, 11) is 1.40. The summed E-state index contributed by atoms with van der Waals surface area (Å²) < 4.78 is 29.7. The number of amides is 1. The number of thiazole rings is 1. The van der Waals surface area contributed by atoms with Crippen LogP contribution in [0.2, 0.25) is 0 Å². The zero-order chi connectivity index (χ0) is 19.5.